The molecule has 20 heavy (non-hydrogen) atoms. The number of hydrogen-bond acceptors (Lipinski definition) is 6. The molecule has 0 radical (unpaired) electrons. The molecule has 0 aromatic heterocycles. The third-order valence-corrected chi connectivity index (χ3v) is 2.41. The van der Waals surface area contributed by atoms with Crippen LogP contribution in [0.5, 0.6) is 0 Å². The van der Waals surface area contributed by atoms with E-state index in [1.54, 1.807) is 37.3 Å². The molecule has 0 unspecified atom stereocenters. The molecule has 0 saturated carbocycles. The topological polar surface area (TPSA) is 96.7 Å². The Hall–Kier alpha value is -2.63. The van der Waals surface area contributed by atoms with E-state index in [0.717, 1.165) is 7.11 Å². The maximum atomic E-state index is 11.8. The normalized spacial score (nSPS) is 11.3. The third-order valence-electron chi connectivity index (χ3n) is 2.41. The van der Waals surface area contributed by atoms with Crippen molar-refractivity contribution in [2.24, 2.45) is 0 Å². The second-order valence-electron chi connectivity index (χ2n) is 3.68. The number of carbonyl (C=O) groups is 2. The van der Waals surface area contributed by atoms with Crippen molar-refractivity contribution in [3.05, 3.63) is 47.2 Å². The molecule has 0 aliphatic heterocycles. The fraction of sp³-hybridized carbons (Fsp3) is 0.214. The van der Waals surface area contributed by atoms with Crippen molar-refractivity contribution < 1.29 is 24.2 Å². The minimum absolute atomic E-state index is 0.0544. The van der Waals surface area contributed by atoms with Crippen LogP contribution in [0.3, 0.4) is 0 Å². The molecule has 6 heteroatoms. The smallest absolute Gasteiger partial charge is 0.374 e. The summed E-state index contributed by atoms with van der Waals surface area (Å²) in [6.07, 6.45) is 0. The Kier molecular flexibility index (Phi) is 5.46. The number of aliphatic hydroxyl groups excluding tert-OH is 1. The lowest BCUT2D eigenvalue weighted by Gasteiger charge is -2.10. The number of aliphatic hydroxyl groups is 1. The maximum absolute atomic E-state index is 11.8. The number of methoxy groups -OCH3 is 1. The van der Waals surface area contributed by atoms with Crippen molar-refractivity contribution in [3.8, 4) is 0 Å². The molecule has 0 aliphatic carbocycles. The Morgan fingerprint density at radius 3 is 2.30 bits per heavy atom. The van der Waals surface area contributed by atoms with Crippen LogP contribution in [0, 0.1) is 5.41 Å². The Bertz CT molecular complexity index is 548. The average Bonchev–Trinajstić information content (AvgIpc) is 2.47. The van der Waals surface area contributed by atoms with Gasteiger partial charge in [-0.2, -0.15) is 0 Å². The van der Waals surface area contributed by atoms with E-state index in [9.17, 15) is 14.7 Å². The number of carbonyl (C=O) groups excluding carboxylic acids is 2. The first kappa shape index (κ1) is 15.4. The van der Waals surface area contributed by atoms with Gasteiger partial charge in [0.15, 0.2) is 0 Å². The van der Waals surface area contributed by atoms with E-state index in [0.29, 0.717) is 5.56 Å². The zero-order valence-corrected chi connectivity index (χ0v) is 11.2. The van der Waals surface area contributed by atoms with E-state index in [2.05, 4.69) is 4.74 Å². The number of benzene rings is 1. The number of esters is 2. The molecule has 2 N–H and O–H groups in total. The van der Waals surface area contributed by atoms with Gasteiger partial charge in [-0.3, -0.25) is 5.41 Å². The molecular formula is C14H15NO5. The van der Waals surface area contributed by atoms with Crippen LogP contribution in [0.1, 0.15) is 12.5 Å². The van der Waals surface area contributed by atoms with Gasteiger partial charge in [-0.1, -0.05) is 30.3 Å². The minimum atomic E-state index is -1.10. The molecule has 1 rings (SSSR count). The zero-order valence-electron chi connectivity index (χ0n) is 11.2. The van der Waals surface area contributed by atoms with Gasteiger partial charge in [-0.15, -0.1) is 0 Å². The molecular weight excluding hydrogens is 262 g/mol. The van der Waals surface area contributed by atoms with Gasteiger partial charge < -0.3 is 14.6 Å². The van der Waals surface area contributed by atoms with Gasteiger partial charge in [-0.25, -0.2) is 9.59 Å². The largest absolute Gasteiger partial charge is 0.501 e. The van der Waals surface area contributed by atoms with E-state index in [-0.39, 0.29) is 12.3 Å². The molecule has 0 amide bonds. The molecule has 0 heterocycles. The summed E-state index contributed by atoms with van der Waals surface area (Å²) < 4.78 is 9.11. The minimum Gasteiger partial charge on any atom is -0.501 e. The fourth-order valence-electron chi connectivity index (χ4n) is 1.47. The molecule has 106 valence electrons. The highest BCUT2D eigenvalue weighted by Gasteiger charge is 2.27. The highest BCUT2D eigenvalue weighted by atomic mass is 16.5. The molecule has 0 aliphatic rings. The number of nitrogens with one attached hydrogen (secondary N) is 1. The summed E-state index contributed by atoms with van der Waals surface area (Å²) >= 11 is 0. The van der Waals surface area contributed by atoms with Gasteiger partial charge in [0.25, 0.3) is 0 Å². The molecule has 0 fully saturated rings. The highest BCUT2D eigenvalue weighted by molar-refractivity contribution is 6.27. The van der Waals surface area contributed by atoms with Crippen molar-refractivity contribution >= 4 is 17.7 Å². The SMILES string of the molecule is CCOC(=O)/C(C(=N)c1ccccc1)=C(\O)C(=O)OC. The quantitative estimate of drug-likeness (QED) is 0.369. The molecule has 0 bridgehead atoms. The lowest BCUT2D eigenvalue weighted by Crippen LogP contribution is -2.22. The van der Waals surface area contributed by atoms with E-state index in [1.807, 2.05) is 0 Å². The first-order chi connectivity index (χ1) is 9.52. The predicted octanol–water partition coefficient (Wildman–Crippen LogP) is 1.60. The summed E-state index contributed by atoms with van der Waals surface area (Å²) in [7, 11) is 1.06. The van der Waals surface area contributed by atoms with Gasteiger partial charge in [0.05, 0.1) is 19.4 Å². The molecule has 1 aromatic rings. The Morgan fingerprint density at radius 2 is 1.80 bits per heavy atom. The predicted molar refractivity (Wildman–Crippen MR) is 71.6 cm³/mol. The monoisotopic (exact) mass is 277 g/mol. The molecule has 6 nitrogen and oxygen atoms in total. The fourth-order valence-corrected chi connectivity index (χ4v) is 1.47. The van der Waals surface area contributed by atoms with Crippen LogP contribution in [0.2, 0.25) is 0 Å². The van der Waals surface area contributed by atoms with Gasteiger partial charge >= 0.3 is 11.9 Å². The van der Waals surface area contributed by atoms with Crippen LogP contribution in [0.25, 0.3) is 0 Å². The molecule has 0 atom stereocenters. The summed E-state index contributed by atoms with van der Waals surface area (Å²) in [4.78, 5) is 23.2. The summed E-state index contributed by atoms with van der Waals surface area (Å²) in [6, 6.07) is 8.23. The summed E-state index contributed by atoms with van der Waals surface area (Å²) in [5, 5.41) is 17.7. The van der Waals surface area contributed by atoms with Crippen molar-refractivity contribution in [3.63, 3.8) is 0 Å². The first-order valence-corrected chi connectivity index (χ1v) is 5.85. The molecule has 1 aromatic carbocycles. The Labute approximate surface area is 116 Å². The second kappa shape index (κ2) is 7.08. The van der Waals surface area contributed by atoms with Gasteiger partial charge in [0, 0.05) is 5.56 Å². The molecule has 0 spiro atoms. The lowest BCUT2D eigenvalue weighted by atomic mass is 10.0. The first-order valence-electron chi connectivity index (χ1n) is 5.85. The standard InChI is InChI=1S/C14H15NO5/c1-3-20-13(17)10(12(16)14(18)19-2)11(15)9-7-5-4-6-8-9/h4-8,15-16H,3H2,1-2H3/b12-10-,15-11?. The highest BCUT2D eigenvalue weighted by Crippen LogP contribution is 2.14. The van der Waals surface area contributed by atoms with E-state index < -0.39 is 23.3 Å². The zero-order chi connectivity index (χ0) is 15.1. The molecule has 0 saturated heterocycles. The van der Waals surface area contributed by atoms with E-state index in [1.165, 1.54) is 0 Å². The Morgan fingerprint density at radius 1 is 1.20 bits per heavy atom. The number of rotatable bonds is 5. The average molecular weight is 277 g/mol. The van der Waals surface area contributed by atoms with Crippen LogP contribution in [-0.4, -0.2) is 36.5 Å². The van der Waals surface area contributed by atoms with Gasteiger partial charge in [-0.05, 0) is 6.92 Å². The number of hydrogen-bond donors (Lipinski definition) is 2. The lowest BCUT2D eigenvalue weighted by molar-refractivity contribution is -0.142. The maximum Gasteiger partial charge on any atom is 0.374 e. The second-order valence-corrected chi connectivity index (χ2v) is 3.68. The van der Waals surface area contributed by atoms with Crippen molar-refractivity contribution in [2.45, 2.75) is 6.92 Å². The van der Waals surface area contributed by atoms with Crippen LogP contribution in [-0.2, 0) is 19.1 Å². The Balaban J connectivity index is 3.28. The number of ether oxygens (including phenoxy) is 2. The van der Waals surface area contributed by atoms with E-state index in [4.69, 9.17) is 10.1 Å². The van der Waals surface area contributed by atoms with Crippen molar-refractivity contribution in [1.29, 1.82) is 5.41 Å². The van der Waals surface area contributed by atoms with Crippen LogP contribution in [0.4, 0.5) is 0 Å². The van der Waals surface area contributed by atoms with Gasteiger partial charge in [0.2, 0.25) is 5.76 Å². The summed E-state index contributed by atoms with van der Waals surface area (Å²) in [5.41, 5.74) is -0.470. The van der Waals surface area contributed by atoms with Crippen LogP contribution in [0.15, 0.2) is 41.7 Å². The summed E-state index contributed by atoms with van der Waals surface area (Å²) in [6.45, 7) is 1.63. The van der Waals surface area contributed by atoms with Crippen molar-refractivity contribution in [2.75, 3.05) is 13.7 Å². The van der Waals surface area contributed by atoms with E-state index >= 15 is 0 Å². The summed E-state index contributed by atoms with van der Waals surface area (Å²) in [5.74, 6) is -3.00. The van der Waals surface area contributed by atoms with Crippen molar-refractivity contribution in [1.82, 2.24) is 0 Å². The third kappa shape index (κ3) is 3.44. The van der Waals surface area contributed by atoms with Crippen LogP contribution < -0.4 is 0 Å². The van der Waals surface area contributed by atoms with Crippen LogP contribution >= 0.6 is 0 Å². The van der Waals surface area contributed by atoms with Gasteiger partial charge in [0.1, 0.15) is 5.57 Å².